The van der Waals surface area contributed by atoms with Crippen LogP contribution in [0.3, 0.4) is 0 Å². The monoisotopic (exact) mass is 503 g/mol. The van der Waals surface area contributed by atoms with Gasteiger partial charge in [-0.15, -0.1) is 0 Å². The number of rotatable bonds is 10. The second-order valence-electron chi connectivity index (χ2n) is 10.8. The van der Waals surface area contributed by atoms with Crippen molar-refractivity contribution in [2.75, 3.05) is 20.3 Å². The first-order chi connectivity index (χ1) is 16.5. The van der Waals surface area contributed by atoms with Crippen LogP contribution in [0.15, 0.2) is 18.3 Å². The van der Waals surface area contributed by atoms with Crippen molar-refractivity contribution >= 4 is 19.8 Å². The van der Waals surface area contributed by atoms with Crippen LogP contribution in [-0.2, 0) is 16.3 Å². The van der Waals surface area contributed by atoms with Crippen molar-refractivity contribution in [2.45, 2.75) is 57.2 Å². The first-order valence-electron chi connectivity index (χ1n) is 12.0. The number of primary amides is 1. The molecule has 0 bridgehead atoms. The molecular formula is C24H34FN5O4Si. The number of nitrogens with one attached hydrogen (secondary N) is 1. The van der Waals surface area contributed by atoms with Crippen LogP contribution in [0.5, 0.6) is 5.88 Å². The molecule has 11 heteroatoms. The van der Waals surface area contributed by atoms with E-state index >= 15 is 0 Å². The van der Waals surface area contributed by atoms with Gasteiger partial charge in [-0.05, 0) is 37.9 Å². The van der Waals surface area contributed by atoms with Crippen LogP contribution < -0.4 is 15.8 Å². The zero-order valence-electron chi connectivity index (χ0n) is 20.8. The van der Waals surface area contributed by atoms with E-state index in [1.165, 1.54) is 17.9 Å². The third-order valence-electron chi connectivity index (χ3n) is 6.93. The highest BCUT2D eigenvalue weighted by atomic mass is 28.3. The second kappa shape index (κ2) is 9.79. The molecule has 3 atom stereocenters. The van der Waals surface area contributed by atoms with Gasteiger partial charge in [-0.2, -0.15) is 5.10 Å². The van der Waals surface area contributed by atoms with Crippen LogP contribution in [0.4, 0.5) is 4.39 Å². The van der Waals surface area contributed by atoms with E-state index in [0.29, 0.717) is 38.1 Å². The lowest BCUT2D eigenvalue weighted by Crippen LogP contribution is -2.46. The van der Waals surface area contributed by atoms with E-state index < -0.39 is 19.4 Å². The molecule has 3 unspecified atom stereocenters. The van der Waals surface area contributed by atoms with Gasteiger partial charge in [0.05, 0.1) is 19.0 Å². The third-order valence-corrected chi connectivity index (χ3v) is 8.64. The molecule has 35 heavy (non-hydrogen) atoms. The Morgan fingerprint density at radius 1 is 1.31 bits per heavy atom. The van der Waals surface area contributed by atoms with Crippen LogP contribution in [0, 0.1) is 17.7 Å². The maximum Gasteiger partial charge on any atom is 0.220 e. The summed E-state index contributed by atoms with van der Waals surface area (Å²) in [6.45, 7) is 8.08. The van der Waals surface area contributed by atoms with E-state index in [-0.39, 0.29) is 47.4 Å². The number of pyridine rings is 1. The van der Waals surface area contributed by atoms with Crippen molar-refractivity contribution < 1.29 is 23.5 Å². The quantitative estimate of drug-likeness (QED) is 0.290. The van der Waals surface area contributed by atoms with Gasteiger partial charge in [0.1, 0.15) is 12.4 Å². The lowest BCUT2D eigenvalue weighted by Gasteiger charge is -2.29. The lowest BCUT2D eigenvalue weighted by atomic mass is 9.88. The number of carbonyl (C=O) groups is 2. The van der Waals surface area contributed by atoms with Crippen LogP contribution in [0.1, 0.15) is 29.8 Å². The molecule has 1 aliphatic heterocycles. The number of carbonyl (C=O) groups excluding carboxylic acids is 2. The smallest absolute Gasteiger partial charge is 0.220 e. The summed E-state index contributed by atoms with van der Waals surface area (Å²) in [5.74, 6) is -1.29. The summed E-state index contributed by atoms with van der Waals surface area (Å²) in [5, 5.41) is 7.94. The van der Waals surface area contributed by atoms with E-state index in [4.69, 9.17) is 15.2 Å². The molecule has 1 saturated heterocycles. The highest BCUT2D eigenvalue weighted by molar-refractivity contribution is 6.76. The SMILES string of the molecule is COc1cc(-c2cc(C(=O)C3CC34CC(C(N)=O)CCN4)nn2COCC[Si](C)(C)C)c(F)cn1. The molecule has 9 nitrogen and oxygen atoms in total. The molecule has 0 radical (unpaired) electrons. The van der Waals surface area contributed by atoms with Crippen LogP contribution in [0.25, 0.3) is 11.3 Å². The number of Topliss-reactive ketones (excluding diaryl/α,β-unsaturated/α-hetero) is 1. The van der Waals surface area contributed by atoms with Gasteiger partial charge in [-0.3, -0.25) is 9.59 Å². The minimum absolute atomic E-state index is 0.0922. The fraction of sp³-hybridized carbons (Fsp3) is 0.583. The molecule has 0 aromatic carbocycles. The minimum atomic E-state index is -1.28. The minimum Gasteiger partial charge on any atom is -0.481 e. The van der Waals surface area contributed by atoms with Gasteiger partial charge in [-0.1, -0.05) is 19.6 Å². The van der Waals surface area contributed by atoms with Crippen molar-refractivity contribution in [1.82, 2.24) is 20.1 Å². The van der Waals surface area contributed by atoms with Gasteiger partial charge in [0.25, 0.3) is 0 Å². The number of methoxy groups -OCH3 is 1. The normalized spacial score (nSPS) is 23.9. The van der Waals surface area contributed by atoms with Crippen LogP contribution in [-0.4, -0.2) is 60.3 Å². The standard InChI is InChI=1S/C24H34FN5O4Si/c1-33-21-9-16(18(25)13-27-21)20-10-19(29-30(20)14-34-7-8-35(2,3)4)22(31)17-12-24(17)11-15(23(26)32)5-6-28-24/h9-10,13,15,17,28H,5-8,11-12,14H2,1-4H3,(H2,26,32). The average Bonchev–Trinajstić information content (AvgIpc) is 3.31. The lowest BCUT2D eigenvalue weighted by molar-refractivity contribution is -0.123. The Morgan fingerprint density at radius 2 is 2.09 bits per heavy atom. The molecule has 2 aliphatic rings. The molecule has 1 aliphatic carbocycles. The van der Waals surface area contributed by atoms with Crippen LogP contribution in [0.2, 0.25) is 25.7 Å². The summed E-state index contributed by atoms with van der Waals surface area (Å²) in [4.78, 5) is 29.1. The van der Waals surface area contributed by atoms with Gasteiger partial charge in [0.2, 0.25) is 11.8 Å². The summed E-state index contributed by atoms with van der Waals surface area (Å²) < 4.78 is 27.3. The van der Waals surface area contributed by atoms with Crippen molar-refractivity contribution in [2.24, 2.45) is 17.6 Å². The van der Waals surface area contributed by atoms with Crippen molar-refractivity contribution in [1.29, 1.82) is 0 Å². The third kappa shape index (κ3) is 5.62. The van der Waals surface area contributed by atoms with Crippen LogP contribution >= 0.6 is 0 Å². The predicted octanol–water partition coefficient (Wildman–Crippen LogP) is 2.83. The topological polar surface area (TPSA) is 121 Å². The Kier molecular flexibility index (Phi) is 7.12. The number of ketones is 1. The van der Waals surface area contributed by atoms with E-state index in [9.17, 15) is 14.0 Å². The summed E-state index contributed by atoms with van der Waals surface area (Å²) in [6.07, 6.45) is 2.93. The summed E-state index contributed by atoms with van der Waals surface area (Å²) in [6, 6.07) is 4.06. The zero-order chi connectivity index (χ0) is 25.4. The maximum absolute atomic E-state index is 14.8. The number of hydrogen-bond acceptors (Lipinski definition) is 7. The highest BCUT2D eigenvalue weighted by Crippen LogP contribution is 2.51. The highest BCUT2D eigenvalue weighted by Gasteiger charge is 2.60. The first kappa shape index (κ1) is 25.5. The molecule has 3 N–H and O–H groups in total. The number of hydrogen-bond donors (Lipinski definition) is 2. The first-order valence-corrected chi connectivity index (χ1v) is 15.7. The van der Waals surface area contributed by atoms with E-state index in [1.807, 2.05) is 0 Å². The Bertz CT molecular complexity index is 1120. The molecule has 1 spiro atoms. The number of halogens is 1. The Labute approximate surface area is 205 Å². The predicted molar refractivity (Wildman–Crippen MR) is 131 cm³/mol. The largest absolute Gasteiger partial charge is 0.481 e. The molecule has 3 heterocycles. The summed E-state index contributed by atoms with van der Waals surface area (Å²) in [7, 11) is 0.174. The van der Waals surface area contributed by atoms with Gasteiger partial charge in [0.15, 0.2) is 11.6 Å². The molecule has 1 saturated carbocycles. The average molecular weight is 504 g/mol. The molecule has 2 aromatic rings. The molecular weight excluding hydrogens is 469 g/mol. The van der Waals surface area contributed by atoms with E-state index in [0.717, 1.165) is 12.2 Å². The number of nitrogens with zero attached hydrogens (tertiary/aromatic N) is 3. The number of amides is 1. The second-order valence-corrected chi connectivity index (χ2v) is 16.4. The fourth-order valence-electron chi connectivity index (χ4n) is 4.71. The molecule has 1 amide bonds. The Hall–Kier alpha value is -2.63. The van der Waals surface area contributed by atoms with Crippen molar-refractivity contribution in [3.8, 4) is 17.1 Å². The van der Waals surface area contributed by atoms with Crippen molar-refractivity contribution in [3.63, 3.8) is 0 Å². The Morgan fingerprint density at radius 3 is 2.77 bits per heavy atom. The molecule has 4 rings (SSSR count). The van der Waals surface area contributed by atoms with Gasteiger partial charge in [0, 0.05) is 43.7 Å². The molecule has 2 fully saturated rings. The number of piperidine rings is 1. The molecule has 190 valence electrons. The Balaban J connectivity index is 1.59. The zero-order valence-corrected chi connectivity index (χ0v) is 21.8. The van der Waals surface area contributed by atoms with Gasteiger partial charge in [-0.25, -0.2) is 14.1 Å². The maximum atomic E-state index is 14.8. The summed E-state index contributed by atoms with van der Waals surface area (Å²) in [5.41, 5.74) is 6.00. The van der Waals surface area contributed by atoms with Gasteiger partial charge < -0.3 is 20.5 Å². The summed E-state index contributed by atoms with van der Waals surface area (Å²) >= 11 is 0. The number of ether oxygens (including phenoxy) is 2. The van der Waals surface area contributed by atoms with E-state index in [1.54, 1.807) is 6.07 Å². The number of nitrogens with two attached hydrogens (primary N) is 1. The number of aromatic nitrogens is 3. The van der Waals surface area contributed by atoms with Crippen molar-refractivity contribution in [3.05, 3.63) is 29.8 Å². The van der Waals surface area contributed by atoms with Gasteiger partial charge >= 0.3 is 0 Å². The fourth-order valence-corrected chi connectivity index (χ4v) is 5.47. The molecule has 2 aromatic heterocycles. The van der Waals surface area contributed by atoms with E-state index in [2.05, 4.69) is 35.0 Å².